The van der Waals surface area contributed by atoms with Crippen LogP contribution in [0.3, 0.4) is 0 Å². The van der Waals surface area contributed by atoms with Crippen molar-refractivity contribution in [2.24, 2.45) is 0 Å². The Morgan fingerprint density at radius 2 is 1.52 bits per heavy atom. The molecule has 0 radical (unpaired) electrons. The predicted octanol–water partition coefficient (Wildman–Crippen LogP) is 4.77. The Labute approximate surface area is 184 Å². The molecule has 5 nitrogen and oxygen atoms in total. The third-order valence-electron chi connectivity index (χ3n) is 5.23. The van der Waals surface area contributed by atoms with Gasteiger partial charge in [0.15, 0.2) is 0 Å². The summed E-state index contributed by atoms with van der Waals surface area (Å²) in [4.78, 5) is 13.2. The van der Waals surface area contributed by atoms with Gasteiger partial charge in [0.25, 0.3) is 10.0 Å². The minimum Gasteiger partial charge on any atom is -0.348 e. The zero-order valence-electron chi connectivity index (χ0n) is 18.1. The van der Waals surface area contributed by atoms with Crippen molar-refractivity contribution >= 4 is 21.6 Å². The van der Waals surface area contributed by atoms with E-state index in [9.17, 15) is 13.2 Å². The number of carbonyl (C=O) groups excluding carboxylic acids is 1. The molecule has 1 N–H and O–H groups in total. The maximum Gasteiger partial charge on any atom is 0.264 e. The molecule has 0 saturated carbocycles. The first kappa shape index (κ1) is 22.6. The average Bonchev–Trinajstić information content (AvgIpc) is 2.77. The molecular formula is C25H28N2O3S. The van der Waals surface area contributed by atoms with Gasteiger partial charge >= 0.3 is 0 Å². The Kier molecular flexibility index (Phi) is 7.13. The molecule has 1 amide bonds. The first-order chi connectivity index (χ1) is 14.8. The molecule has 3 aromatic carbocycles. The number of amides is 1. The van der Waals surface area contributed by atoms with Crippen molar-refractivity contribution in [3.8, 4) is 0 Å². The highest BCUT2D eigenvalue weighted by atomic mass is 32.2. The maximum absolute atomic E-state index is 13.5. The Balaban J connectivity index is 1.93. The number of nitrogens with zero attached hydrogens (tertiary/aromatic N) is 1. The fourth-order valence-electron chi connectivity index (χ4n) is 3.46. The maximum atomic E-state index is 13.5. The van der Waals surface area contributed by atoms with Gasteiger partial charge in [-0.25, -0.2) is 8.42 Å². The van der Waals surface area contributed by atoms with Crippen molar-refractivity contribution in [3.63, 3.8) is 0 Å². The number of rotatable bonds is 8. The number of anilines is 1. The minimum absolute atomic E-state index is 0.157. The molecule has 0 aromatic heterocycles. The van der Waals surface area contributed by atoms with Crippen molar-refractivity contribution in [1.82, 2.24) is 5.32 Å². The Morgan fingerprint density at radius 3 is 2.13 bits per heavy atom. The molecule has 0 aliphatic rings. The van der Waals surface area contributed by atoms with Crippen molar-refractivity contribution < 1.29 is 13.2 Å². The fourth-order valence-corrected chi connectivity index (χ4v) is 4.94. The summed E-state index contributed by atoms with van der Waals surface area (Å²) in [5.74, 6) is -0.352. The van der Waals surface area contributed by atoms with E-state index in [1.54, 1.807) is 36.4 Å². The van der Waals surface area contributed by atoms with Gasteiger partial charge in [-0.3, -0.25) is 9.10 Å². The van der Waals surface area contributed by atoms with Gasteiger partial charge in [0.05, 0.1) is 16.6 Å². The second-order valence-corrected chi connectivity index (χ2v) is 9.41. The summed E-state index contributed by atoms with van der Waals surface area (Å²) in [6, 6.07) is 23.3. The fraction of sp³-hybridized carbons (Fsp3) is 0.240. The number of carbonyl (C=O) groups is 1. The standard InChI is InChI=1S/C25H28N2O3S/c1-4-23(21-11-6-5-7-12-21)26-25(28)18-27(24-13-9-8-10-20(24)3)31(29,30)22-16-14-19(2)15-17-22/h5-17,23H,4,18H2,1-3H3,(H,26,28)/t23-/m1/s1. The largest absolute Gasteiger partial charge is 0.348 e. The summed E-state index contributed by atoms with van der Waals surface area (Å²) in [5, 5.41) is 2.99. The van der Waals surface area contributed by atoms with Gasteiger partial charge in [-0.2, -0.15) is 0 Å². The SMILES string of the molecule is CC[C@@H](NC(=O)CN(c1ccccc1C)S(=O)(=O)c1ccc(C)cc1)c1ccccc1. The summed E-state index contributed by atoms with van der Waals surface area (Å²) >= 11 is 0. The lowest BCUT2D eigenvalue weighted by molar-refractivity contribution is -0.120. The quantitative estimate of drug-likeness (QED) is 0.553. The molecule has 0 unspecified atom stereocenters. The van der Waals surface area contributed by atoms with Gasteiger partial charge in [0.2, 0.25) is 5.91 Å². The monoisotopic (exact) mass is 436 g/mol. The van der Waals surface area contributed by atoms with Gasteiger partial charge in [0.1, 0.15) is 6.54 Å². The van der Waals surface area contributed by atoms with Crippen LogP contribution in [0.5, 0.6) is 0 Å². The number of para-hydroxylation sites is 1. The highest BCUT2D eigenvalue weighted by molar-refractivity contribution is 7.92. The third kappa shape index (κ3) is 5.33. The number of benzene rings is 3. The van der Waals surface area contributed by atoms with Crippen LogP contribution in [0, 0.1) is 13.8 Å². The second-order valence-electron chi connectivity index (χ2n) is 7.55. The van der Waals surface area contributed by atoms with Crippen LogP contribution in [0.25, 0.3) is 0 Å². The van der Waals surface area contributed by atoms with E-state index in [1.165, 1.54) is 4.31 Å². The van der Waals surface area contributed by atoms with Crippen LogP contribution < -0.4 is 9.62 Å². The molecule has 3 aromatic rings. The third-order valence-corrected chi connectivity index (χ3v) is 7.00. The molecule has 0 fully saturated rings. The van der Waals surface area contributed by atoms with Crippen LogP contribution in [0.1, 0.15) is 36.1 Å². The molecule has 31 heavy (non-hydrogen) atoms. The highest BCUT2D eigenvalue weighted by Gasteiger charge is 2.28. The molecule has 0 aliphatic carbocycles. The normalized spacial score (nSPS) is 12.2. The highest BCUT2D eigenvalue weighted by Crippen LogP contribution is 2.27. The van der Waals surface area contributed by atoms with Gasteiger partial charge in [-0.05, 0) is 49.6 Å². The molecule has 0 aliphatic heterocycles. The van der Waals surface area contributed by atoms with Gasteiger partial charge in [-0.15, -0.1) is 0 Å². The molecule has 162 valence electrons. The lowest BCUT2D eigenvalue weighted by Crippen LogP contribution is -2.42. The number of hydrogen-bond acceptors (Lipinski definition) is 3. The minimum atomic E-state index is -3.92. The van der Waals surface area contributed by atoms with E-state index in [0.29, 0.717) is 12.1 Å². The molecule has 0 saturated heterocycles. The Morgan fingerprint density at radius 1 is 0.903 bits per heavy atom. The molecule has 0 heterocycles. The van der Waals surface area contributed by atoms with E-state index >= 15 is 0 Å². The van der Waals surface area contributed by atoms with Crippen molar-refractivity contribution in [3.05, 3.63) is 95.6 Å². The molecule has 3 rings (SSSR count). The van der Waals surface area contributed by atoms with Gasteiger partial charge in [0, 0.05) is 0 Å². The first-order valence-electron chi connectivity index (χ1n) is 10.3. The zero-order chi connectivity index (χ0) is 22.4. The van der Waals surface area contributed by atoms with Crippen molar-refractivity contribution in [1.29, 1.82) is 0 Å². The van der Waals surface area contributed by atoms with E-state index in [-0.39, 0.29) is 23.4 Å². The molecule has 1 atom stereocenters. The summed E-state index contributed by atoms with van der Waals surface area (Å²) in [5.41, 5.74) is 3.22. The van der Waals surface area contributed by atoms with E-state index < -0.39 is 10.0 Å². The lowest BCUT2D eigenvalue weighted by atomic mass is 10.0. The second kappa shape index (κ2) is 9.79. The summed E-state index contributed by atoms with van der Waals surface area (Å²) in [6.45, 7) is 5.42. The average molecular weight is 437 g/mol. The van der Waals surface area contributed by atoms with E-state index in [4.69, 9.17) is 0 Å². The summed E-state index contributed by atoms with van der Waals surface area (Å²) < 4.78 is 28.2. The lowest BCUT2D eigenvalue weighted by Gasteiger charge is -2.27. The predicted molar refractivity (Wildman–Crippen MR) is 125 cm³/mol. The smallest absolute Gasteiger partial charge is 0.264 e. The number of hydrogen-bond donors (Lipinski definition) is 1. The number of aryl methyl sites for hydroxylation is 2. The number of sulfonamides is 1. The van der Waals surface area contributed by atoms with Crippen molar-refractivity contribution in [2.75, 3.05) is 10.8 Å². The van der Waals surface area contributed by atoms with Crippen LogP contribution in [-0.2, 0) is 14.8 Å². The Hall–Kier alpha value is -3.12. The van der Waals surface area contributed by atoms with Crippen LogP contribution in [0.4, 0.5) is 5.69 Å². The Bertz CT molecular complexity index is 1130. The van der Waals surface area contributed by atoms with Crippen LogP contribution in [0.15, 0.2) is 83.8 Å². The van der Waals surface area contributed by atoms with E-state index in [2.05, 4.69) is 5.32 Å². The molecule has 0 bridgehead atoms. The molecule has 6 heteroatoms. The van der Waals surface area contributed by atoms with Crippen LogP contribution >= 0.6 is 0 Å². The topological polar surface area (TPSA) is 66.5 Å². The van der Waals surface area contributed by atoms with E-state index in [0.717, 1.165) is 16.7 Å². The summed E-state index contributed by atoms with van der Waals surface area (Å²) in [7, 11) is -3.92. The van der Waals surface area contributed by atoms with Crippen LogP contribution in [0.2, 0.25) is 0 Å². The van der Waals surface area contributed by atoms with E-state index in [1.807, 2.05) is 63.2 Å². The van der Waals surface area contributed by atoms with Crippen LogP contribution in [-0.4, -0.2) is 20.9 Å². The first-order valence-corrected chi connectivity index (χ1v) is 11.8. The molecule has 0 spiro atoms. The number of nitrogens with one attached hydrogen (secondary N) is 1. The van der Waals surface area contributed by atoms with Gasteiger partial charge in [-0.1, -0.05) is 73.2 Å². The molecular weight excluding hydrogens is 408 g/mol. The van der Waals surface area contributed by atoms with Crippen molar-refractivity contribution in [2.45, 2.75) is 38.1 Å². The zero-order valence-corrected chi connectivity index (χ0v) is 18.9. The summed E-state index contributed by atoms with van der Waals surface area (Å²) in [6.07, 6.45) is 0.699. The van der Waals surface area contributed by atoms with Gasteiger partial charge < -0.3 is 5.32 Å².